The molecule has 3 nitrogen and oxygen atoms in total. The summed E-state index contributed by atoms with van der Waals surface area (Å²) in [5, 5.41) is 7.40. The van der Waals surface area contributed by atoms with Gasteiger partial charge in [0.15, 0.2) is 0 Å². The second-order valence-corrected chi connectivity index (χ2v) is 6.01. The normalized spacial score (nSPS) is 28.2. The van der Waals surface area contributed by atoms with Gasteiger partial charge in [-0.05, 0) is 71.2 Å². The fourth-order valence-corrected chi connectivity index (χ4v) is 3.22. The van der Waals surface area contributed by atoms with Crippen LogP contribution in [0.5, 0.6) is 0 Å². The number of unbranched alkanes of at least 4 members (excludes halogenated alkanes) is 1. The molecule has 2 aliphatic rings. The number of rotatable bonds is 5. The molecule has 2 rings (SSSR count). The van der Waals surface area contributed by atoms with Crippen molar-refractivity contribution in [1.82, 2.24) is 15.5 Å². The monoisotopic (exact) mass is 253 g/mol. The molecule has 1 unspecified atom stereocenters. The topological polar surface area (TPSA) is 27.3 Å². The van der Waals surface area contributed by atoms with E-state index in [0.717, 1.165) is 12.1 Å². The van der Waals surface area contributed by atoms with Gasteiger partial charge in [0, 0.05) is 12.1 Å². The summed E-state index contributed by atoms with van der Waals surface area (Å²) in [6.45, 7) is 8.64. The molecule has 0 aromatic carbocycles. The van der Waals surface area contributed by atoms with Crippen molar-refractivity contribution >= 4 is 0 Å². The lowest BCUT2D eigenvalue weighted by atomic mass is 10.0. The van der Waals surface area contributed by atoms with Gasteiger partial charge >= 0.3 is 0 Å². The van der Waals surface area contributed by atoms with E-state index >= 15 is 0 Å². The molecule has 106 valence electrons. The van der Waals surface area contributed by atoms with Gasteiger partial charge in [0.2, 0.25) is 0 Å². The maximum Gasteiger partial charge on any atom is 0.00940 e. The summed E-state index contributed by atoms with van der Waals surface area (Å²) in [4.78, 5) is 2.65. The molecular weight excluding hydrogens is 222 g/mol. The predicted molar refractivity (Wildman–Crippen MR) is 78.0 cm³/mol. The van der Waals surface area contributed by atoms with Gasteiger partial charge in [-0.1, -0.05) is 13.3 Å². The molecular formula is C15H31N3. The van der Waals surface area contributed by atoms with Gasteiger partial charge in [0.05, 0.1) is 0 Å². The summed E-state index contributed by atoms with van der Waals surface area (Å²) in [5.74, 6) is 0. The maximum absolute atomic E-state index is 3.91. The highest BCUT2D eigenvalue weighted by Crippen LogP contribution is 2.14. The van der Waals surface area contributed by atoms with E-state index in [9.17, 15) is 0 Å². The Kier molecular flexibility index (Phi) is 6.46. The Bertz CT molecular complexity index is 204. The molecule has 0 amide bonds. The van der Waals surface area contributed by atoms with Gasteiger partial charge in [-0.2, -0.15) is 0 Å². The van der Waals surface area contributed by atoms with Crippen molar-refractivity contribution in [3.05, 3.63) is 0 Å². The number of nitrogens with one attached hydrogen (secondary N) is 2. The first-order chi connectivity index (χ1) is 8.88. The number of piperidine rings is 1. The van der Waals surface area contributed by atoms with Gasteiger partial charge in [-0.15, -0.1) is 0 Å². The van der Waals surface area contributed by atoms with E-state index in [4.69, 9.17) is 0 Å². The van der Waals surface area contributed by atoms with Gasteiger partial charge in [0.1, 0.15) is 0 Å². The second kappa shape index (κ2) is 8.13. The fraction of sp³-hybridized carbons (Fsp3) is 1.00. The largest absolute Gasteiger partial charge is 0.317 e. The highest BCUT2D eigenvalue weighted by atomic mass is 15.1. The van der Waals surface area contributed by atoms with Crippen LogP contribution in [-0.4, -0.2) is 49.7 Å². The molecule has 0 bridgehead atoms. The van der Waals surface area contributed by atoms with E-state index in [1.165, 1.54) is 77.7 Å². The molecule has 0 aromatic rings. The number of hydrogen-bond acceptors (Lipinski definition) is 3. The Morgan fingerprint density at radius 1 is 1.06 bits per heavy atom. The lowest BCUT2D eigenvalue weighted by molar-refractivity contribution is 0.186. The third kappa shape index (κ3) is 4.87. The Hall–Kier alpha value is -0.120. The van der Waals surface area contributed by atoms with Gasteiger partial charge in [-0.3, -0.25) is 0 Å². The lowest BCUT2D eigenvalue weighted by Gasteiger charge is -2.34. The van der Waals surface area contributed by atoms with Crippen molar-refractivity contribution in [3.63, 3.8) is 0 Å². The van der Waals surface area contributed by atoms with E-state index in [1.54, 1.807) is 0 Å². The molecule has 2 fully saturated rings. The van der Waals surface area contributed by atoms with Crippen LogP contribution < -0.4 is 10.6 Å². The minimum atomic E-state index is 0.771. The lowest BCUT2D eigenvalue weighted by Crippen LogP contribution is -2.46. The van der Waals surface area contributed by atoms with E-state index in [1.807, 2.05) is 0 Å². The molecule has 3 heteroatoms. The first-order valence-electron chi connectivity index (χ1n) is 8.07. The van der Waals surface area contributed by atoms with Crippen LogP contribution in [-0.2, 0) is 0 Å². The van der Waals surface area contributed by atoms with Gasteiger partial charge in [-0.25, -0.2) is 0 Å². The molecule has 2 saturated heterocycles. The van der Waals surface area contributed by atoms with Crippen LogP contribution >= 0.6 is 0 Å². The average Bonchev–Trinajstić information content (AvgIpc) is 2.67. The Balaban J connectivity index is 1.63. The summed E-state index contributed by atoms with van der Waals surface area (Å²) in [6, 6.07) is 1.55. The minimum Gasteiger partial charge on any atom is -0.317 e. The van der Waals surface area contributed by atoms with E-state index in [2.05, 4.69) is 22.5 Å². The van der Waals surface area contributed by atoms with Crippen LogP contribution in [0.2, 0.25) is 0 Å². The SMILES string of the molecule is CCCCN1CCC(NC2CCCNCC2)CC1. The summed E-state index contributed by atoms with van der Waals surface area (Å²) < 4.78 is 0. The molecule has 18 heavy (non-hydrogen) atoms. The summed E-state index contributed by atoms with van der Waals surface area (Å²) in [5.41, 5.74) is 0. The number of nitrogens with zero attached hydrogens (tertiary/aromatic N) is 1. The van der Waals surface area contributed by atoms with Crippen molar-refractivity contribution in [3.8, 4) is 0 Å². The van der Waals surface area contributed by atoms with Crippen molar-refractivity contribution in [1.29, 1.82) is 0 Å². The Morgan fingerprint density at radius 3 is 2.61 bits per heavy atom. The highest BCUT2D eigenvalue weighted by Gasteiger charge is 2.21. The molecule has 0 spiro atoms. The first kappa shape index (κ1) is 14.3. The van der Waals surface area contributed by atoms with Crippen LogP contribution in [0.1, 0.15) is 51.9 Å². The average molecular weight is 253 g/mol. The van der Waals surface area contributed by atoms with Crippen molar-refractivity contribution in [2.24, 2.45) is 0 Å². The van der Waals surface area contributed by atoms with Gasteiger partial charge < -0.3 is 15.5 Å². The van der Waals surface area contributed by atoms with Crippen molar-refractivity contribution in [2.75, 3.05) is 32.7 Å². The third-order valence-corrected chi connectivity index (χ3v) is 4.46. The first-order valence-corrected chi connectivity index (χ1v) is 8.07. The van der Waals surface area contributed by atoms with Crippen LogP contribution in [0.4, 0.5) is 0 Å². The molecule has 2 aliphatic heterocycles. The van der Waals surface area contributed by atoms with E-state index in [-0.39, 0.29) is 0 Å². The quantitative estimate of drug-likeness (QED) is 0.784. The van der Waals surface area contributed by atoms with Crippen LogP contribution in [0, 0.1) is 0 Å². The number of hydrogen-bond donors (Lipinski definition) is 2. The molecule has 0 saturated carbocycles. The molecule has 0 aliphatic carbocycles. The molecule has 0 aromatic heterocycles. The predicted octanol–water partition coefficient (Wildman–Crippen LogP) is 1.98. The van der Waals surface area contributed by atoms with E-state index < -0.39 is 0 Å². The van der Waals surface area contributed by atoms with Crippen LogP contribution in [0.25, 0.3) is 0 Å². The van der Waals surface area contributed by atoms with Crippen molar-refractivity contribution < 1.29 is 0 Å². The Morgan fingerprint density at radius 2 is 1.83 bits per heavy atom. The second-order valence-electron chi connectivity index (χ2n) is 6.01. The van der Waals surface area contributed by atoms with E-state index in [0.29, 0.717) is 0 Å². The zero-order chi connectivity index (χ0) is 12.6. The smallest absolute Gasteiger partial charge is 0.00940 e. The zero-order valence-corrected chi connectivity index (χ0v) is 12.1. The van der Waals surface area contributed by atoms with Crippen molar-refractivity contribution in [2.45, 2.75) is 64.0 Å². The molecule has 2 heterocycles. The summed E-state index contributed by atoms with van der Waals surface area (Å²) in [6.07, 6.45) is 9.42. The fourth-order valence-electron chi connectivity index (χ4n) is 3.22. The van der Waals surface area contributed by atoms with Gasteiger partial charge in [0.25, 0.3) is 0 Å². The molecule has 1 atom stereocenters. The summed E-state index contributed by atoms with van der Waals surface area (Å²) >= 11 is 0. The van der Waals surface area contributed by atoms with Crippen LogP contribution in [0.3, 0.4) is 0 Å². The zero-order valence-electron chi connectivity index (χ0n) is 12.1. The molecule has 2 N–H and O–H groups in total. The maximum atomic E-state index is 3.91. The Labute approximate surface area is 113 Å². The standard InChI is InChI=1S/C15H31N3/c1-2-3-11-18-12-7-15(8-13-18)17-14-5-4-9-16-10-6-14/h14-17H,2-13H2,1H3. The van der Waals surface area contributed by atoms with Crippen LogP contribution in [0.15, 0.2) is 0 Å². The number of likely N-dealkylation sites (tertiary alicyclic amines) is 1. The summed E-state index contributed by atoms with van der Waals surface area (Å²) in [7, 11) is 0. The highest BCUT2D eigenvalue weighted by molar-refractivity contribution is 4.82. The third-order valence-electron chi connectivity index (χ3n) is 4.46. The molecule has 0 radical (unpaired) electrons. The minimum absolute atomic E-state index is 0.771.